The van der Waals surface area contributed by atoms with Gasteiger partial charge in [0.25, 0.3) is 0 Å². The first-order chi connectivity index (χ1) is 11.0. The van der Waals surface area contributed by atoms with Crippen molar-refractivity contribution < 1.29 is 19.0 Å². The van der Waals surface area contributed by atoms with E-state index in [9.17, 15) is 14.3 Å². The highest BCUT2D eigenvalue weighted by atomic mass is 19.1. The summed E-state index contributed by atoms with van der Waals surface area (Å²) in [4.78, 5) is 11.6. The third-order valence-corrected chi connectivity index (χ3v) is 3.40. The van der Waals surface area contributed by atoms with Crippen LogP contribution in [0.5, 0.6) is 5.75 Å². The van der Waals surface area contributed by atoms with E-state index in [1.54, 1.807) is 36.4 Å². The Morgan fingerprint density at radius 1 is 1.26 bits per heavy atom. The van der Waals surface area contributed by atoms with Gasteiger partial charge in [0.1, 0.15) is 11.6 Å². The molecule has 0 atom stereocenters. The summed E-state index contributed by atoms with van der Waals surface area (Å²) in [5.41, 5.74) is 1.61. The maximum Gasteiger partial charge on any atom is 0.336 e. The Morgan fingerprint density at radius 3 is 2.61 bits per heavy atom. The molecular weight excluding hydrogens is 295 g/mol. The average molecular weight is 314 g/mol. The lowest BCUT2D eigenvalue weighted by Gasteiger charge is -2.11. The molecule has 0 bridgehead atoms. The number of aryl methyl sites for hydroxylation is 1. The van der Waals surface area contributed by atoms with E-state index < -0.39 is 11.8 Å². The van der Waals surface area contributed by atoms with Gasteiger partial charge < -0.3 is 9.84 Å². The normalized spacial score (nSPS) is 11.3. The molecule has 0 unspecified atom stereocenters. The van der Waals surface area contributed by atoms with E-state index in [0.29, 0.717) is 17.9 Å². The highest BCUT2D eigenvalue weighted by Gasteiger charge is 2.14. The van der Waals surface area contributed by atoms with Crippen LogP contribution in [0.2, 0.25) is 0 Å². The van der Waals surface area contributed by atoms with Gasteiger partial charge >= 0.3 is 5.97 Å². The third-order valence-electron chi connectivity index (χ3n) is 3.40. The Hall–Kier alpha value is -2.62. The SMILES string of the molecule is CCCOc1ccc(/C(=C/c2ccccc2F)C(=O)O)c(C)c1. The molecule has 0 aromatic heterocycles. The van der Waals surface area contributed by atoms with Crippen molar-refractivity contribution >= 4 is 17.6 Å². The number of rotatable bonds is 6. The maximum atomic E-state index is 13.8. The van der Waals surface area contributed by atoms with Gasteiger partial charge in [-0.25, -0.2) is 9.18 Å². The molecule has 2 aromatic carbocycles. The molecule has 2 rings (SSSR count). The number of carboxylic acids is 1. The molecule has 2 aromatic rings. The molecular formula is C19H19FO3. The van der Waals surface area contributed by atoms with E-state index in [1.165, 1.54) is 12.1 Å². The molecule has 23 heavy (non-hydrogen) atoms. The molecule has 0 saturated carbocycles. The summed E-state index contributed by atoms with van der Waals surface area (Å²) < 4.78 is 19.3. The van der Waals surface area contributed by atoms with Gasteiger partial charge in [-0.05, 0) is 48.7 Å². The summed E-state index contributed by atoms with van der Waals surface area (Å²) >= 11 is 0. The number of halogens is 1. The molecule has 0 spiro atoms. The van der Waals surface area contributed by atoms with Crippen LogP contribution in [-0.2, 0) is 4.79 Å². The Bertz CT molecular complexity index is 735. The Labute approximate surface area is 135 Å². The van der Waals surface area contributed by atoms with Gasteiger partial charge in [-0.1, -0.05) is 31.2 Å². The molecule has 0 aliphatic rings. The van der Waals surface area contributed by atoms with Gasteiger partial charge in [0.05, 0.1) is 12.2 Å². The molecule has 0 aliphatic carbocycles. The molecule has 120 valence electrons. The van der Waals surface area contributed by atoms with Crippen LogP contribution in [0.1, 0.15) is 30.0 Å². The van der Waals surface area contributed by atoms with E-state index in [-0.39, 0.29) is 11.1 Å². The van der Waals surface area contributed by atoms with Crippen LogP contribution < -0.4 is 4.74 Å². The molecule has 3 nitrogen and oxygen atoms in total. The van der Waals surface area contributed by atoms with Crippen LogP contribution in [-0.4, -0.2) is 17.7 Å². The van der Waals surface area contributed by atoms with Crippen LogP contribution in [0.3, 0.4) is 0 Å². The highest BCUT2D eigenvalue weighted by Crippen LogP contribution is 2.26. The van der Waals surface area contributed by atoms with Crippen LogP contribution in [0.25, 0.3) is 11.6 Å². The van der Waals surface area contributed by atoms with E-state index in [2.05, 4.69) is 0 Å². The van der Waals surface area contributed by atoms with Crippen molar-refractivity contribution in [2.75, 3.05) is 6.61 Å². The number of benzene rings is 2. The maximum absolute atomic E-state index is 13.8. The molecule has 0 aliphatic heterocycles. The lowest BCUT2D eigenvalue weighted by atomic mass is 9.98. The Balaban J connectivity index is 2.43. The minimum absolute atomic E-state index is 0.0506. The predicted octanol–water partition coefficient (Wildman–Crippen LogP) is 4.55. The summed E-state index contributed by atoms with van der Waals surface area (Å²) in [5, 5.41) is 9.49. The van der Waals surface area contributed by atoms with Crippen LogP contribution in [0.4, 0.5) is 4.39 Å². The molecule has 0 heterocycles. The summed E-state index contributed by atoms with van der Waals surface area (Å²) in [5.74, 6) is -0.853. The average Bonchev–Trinajstić information content (AvgIpc) is 2.52. The fourth-order valence-electron chi connectivity index (χ4n) is 2.25. The van der Waals surface area contributed by atoms with E-state index in [4.69, 9.17) is 4.74 Å². The van der Waals surface area contributed by atoms with Crippen molar-refractivity contribution in [3.05, 3.63) is 65.0 Å². The number of hydrogen-bond donors (Lipinski definition) is 1. The van der Waals surface area contributed by atoms with Gasteiger partial charge in [0.15, 0.2) is 0 Å². The molecule has 0 fully saturated rings. The Kier molecular flexibility index (Phi) is 5.52. The van der Waals surface area contributed by atoms with Gasteiger partial charge in [-0.3, -0.25) is 0 Å². The fraction of sp³-hybridized carbons (Fsp3) is 0.211. The van der Waals surface area contributed by atoms with Crippen LogP contribution in [0.15, 0.2) is 42.5 Å². The van der Waals surface area contributed by atoms with Gasteiger partial charge in [0, 0.05) is 5.56 Å². The number of carboxylic acid groups (broad SMARTS) is 1. The quantitative estimate of drug-likeness (QED) is 0.628. The second kappa shape index (κ2) is 7.58. The first kappa shape index (κ1) is 16.7. The second-order valence-electron chi connectivity index (χ2n) is 5.21. The number of aliphatic carboxylic acids is 1. The van der Waals surface area contributed by atoms with E-state index in [1.807, 2.05) is 13.8 Å². The lowest BCUT2D eigenvalue weighted by molar-refractivity contribution is -0.130. The van der Waals surface area contributed by atoms with Crippen molar-refractivity contribution in [3.8, 4) is 5.75 Å². The van der Waals surface area contributed by atoms with Crippen molar-refractivity contribution in [1.82, 2.24) is 0 Å². The first-order valence-electron chi connectivity index (χ1n) is 7.46. The number of carbonyl (C=O) groups is 1. The third kappa shape index (κ3) is 4.19. The van der Waals surface area contributed by atoms with Gasteiger partial charge in [-0.15, -0.1) is 0 Å². The molecule has 1 N–H and O–H groups in total. The van der Waals surface area contributed by atoms with Gasteiger partial charge in [-0.2, -0.15) is 0 Å². The summed E-state index contributed by atoms with van der Waals surface area (Å²) in [6, 6.07) is 11.3. The summed E-state index contributed by atoms with van der Waals surface area (Å²) in [7, 11) is 0. The van der Waals surface area contributed by atoms with Crippen molar-refractivity contribution in [1.29, 1.82) is 0 Å². The highest BCUT2D eigenvalue weighted by molar-refractivity contribution is 6.21. The number of ether oxygens (including phenoxy) is 1. The zero-order valence-corrected chi connectivity index (χ0v) is 13.2. The van der Waals surface area contributed by atoms with E-state index >= 15 is 0 Å². The van der Waals surface area contributed by atoms with Crippen molar-refractivity contribution in [2.24, 2.45) is 0 Å². The van der Waals surface area contributed by atoms with Gasteiger partial charge in [0.2, 0.25) is 0 Å². The molecule has 0 amide bonds. The minimum atomic E-state index is -1.10. The standard InChI is InChI=1S/C19H19FO3/c1-3-10-23-15-8-9-16(13(2)11-15)17(19(21)22)12-14-6-4-5-7-18(14)20/h4-9,11-12H,3,10H2,1-2H3,(H,21,22)/b17-12-. The molecule has 0 radical (unpaired) electrons. The van der Waals surface area contributed by atoms with Crippen LogP contribution in [0, 0.1) is 12.7 Å². The second-order valence-corrected chi connectivity index (χ2v) is 5.21. The van der Waals surface area contributed by atoms with Crippen LogP contribution >= 0.6 is 0 Å². The van der Waals surface area contributed by atoms with E-state index in [0.717, 1.165) is 12.0 Å². The largest absolute Gasteiger partial charge is 0.494 e. The van der Waals surface area contributed by atoms with Crippen molar-refractivity contribution in [2.45, 2.75) is 20.3 Å². The molecule has 4 heteroatoms. The van der Waals surface area contributed by atoms with Crippen molar-refractivity contribution in [3.63, 3.8) is 0 Å². The summed E-state index contributed by atoms with van der Waals surface area (Å²) in [6.07, 6.45) is 2.25. The Morgan fingerprint density at radius 2 is 2.00 bits per heavy atom. The lowest BCUT2D eigenvalue weighted by Crippen LogP contribution is -2.03. The zero-order chi connectivity index (χ0) is 16.8. The summed E-state index contributed by atoms with van der Waals surface area (Å²) in [6.45, 7) is 4.43. The number of hydrogen-bond acceptors (Lipinski definition) is 2. The smallest absolute Gasteiger partial charge is 0.336 e. The molecule has 0 saturated heterocycles. The predicted molar refractivity (Wildman–Crippen MR) is 88.9 cm³/mol. The first-order valence-corrected chi connectivity index (χ1v) is 7.46. The fourth-order valence-corrected chi connectivity index (χ4v) is 2.25. The minimum Gasteiger partial charge on any atom is -0.494 e. The monoisotopic (exact) mass is 314 g/mol. The zero-order valence-electron chi connectivity index (χ0n) is 13.2. The topological polar surface area (TPSA) is 46.5 Å².